The normalized spacial score (nSPS) is 10.4. The second-order valence-electron chi connectivity index (χ2n) is 4.20. The van der Waals surface area contributed by atoms with Crippen molar-refractivity contribution in [1.29, 1.82) is 0 Å². The molecule has 0 aliphatic carbocycles. The molecule has 0 radical (unpaired) electrons. The summed E-state index contributed by atoms with van der Waals surface area (Å²) in [5.41, 5.74) is 2.56. The van der Waals surface area contributed by atoms with Crippen LogP contribution in [-0.2, 0) is 6.42 Å². The maximum Gasteiger partial charge on any atom is 0.209 e. The predicted octanol–water partition coefficient (Wildman–Crippen LogP) is 3.59. The van der Waals surface area contributed by atoms with Gasteiger partial charge in [-0.05, 0) is 25.0 Å². The zero-order chi connectivity index (χ0) is 12.1. The van der Waals surface area contributed by atoms with Crippen molar-refractivity contribution in [3.8, 4) is 0 Å². The van der Waals surface area contributed by atoms with Crippen LogP contribution in [0.5, 0.6) is 0 Å². The molecule has 0 fully saturated rings. The highest BCUT2D eigenvalue weighted by molar-refractivity contribution is 6.07. The van der Waals surface area contributed by atoms with Gasteiger partial charge in [-0.2, -0.15) is 0 Å². The third-order valence-corrected chi connectivity index (χ3v) is 2.83. The standard InChI is InChI=1S/C15H17NO/c1-2-3-9-13-10-11-14(16-13)15(17)12-7-5-4-6-8-12/h4-8,10-11,16H,2-3,9H2,1H3. The molecule has 2 nitrogen and oxygen atoms in total. The molecule has 0 aliphatic rings. The molecule has 1 aromatic heterocycles. The molecule has 1 heterocycles. The van der Waals surface area contributed by atoms with Gasteiger partial charge in [0.1, 0.15) is 0 Å². The molecule has 0 spiro atoms. The average molecular weight is 227 g/mol. The lowest BCUT2D eigenvalue weighted by Gasteiger charge is -1.98. The molecule has 0 aliphatic heterocycles. The van der Waals surface area contributed by atoms with Crippen molar-refractivity contribution in [1.82, 2.24) is 4.98 Å². The van der Waals surface area contributed by atoms with Crippen LogP contribution < -0.4 is 0 Å². The number of hydrogen-bond donors (Lipinski definition) is 1. The van der Waals surface area contributed by atoms with Gasteiger partial charge in [-0.15, -0.1) is 0 Å². The van der Waals surface area contributed by atoms with Gasteiger partial charge in [0.2, 0.25) is 5.78 Å². The fraction of sp³-hybridized carbons (Fsp3) is 0.267. The van der Waals surface area contributed by atoms with E-state index in [2.05, 4.69) is 11.9 Å². The van der Waals surface area contributed by atoms with Crippen LogP contribution in [0, 0.1) is 0 Å². The Bertz CT molecular complexity index is 485. The second-order valence-corrected chi connectivity index (χ2v) is 4.20. The van der Waals surface area contributed by atoms with E-state index in [4.69, 9.17) is 0 Å². The minimum Gasteiger partial charge on any atom is -0.356 e. The van der Waals surface area contributed by atoms with Crippen LogP contribution in [0.3, 0.4) is 0 Å². The van der Waals surface area contributed by atoms with Crippen LogP contribution >= 0.6 is 0 Å². The molecule has 88 valence electrons. The van der Waals surface area contributed by atoms with Crippen molar-refractivity contribution in [2.75, 3.05) is 0 Å². The summed E-state index contributed by atoms with van der Waals surface area (Å²) in [7, 11) is 0. The van der Waals surface area contributed by atoms with E-state index in [1.807, 2.05) is 42.5 Å². The monoisotopic (exact) mass is 227 g/mol. The maximum absolute atomic E-state index is 12.1. The third kappa shape index (κ3) is 2.84. The topological polar surface area (TPSA) is 32.9 Å². The number of aromatic amines is 1. The van der Waals surface area contributed by atoms with Crippen molar-refractivity contribution in [3.63, 3.8) is 0 Å². The van der Waals surface area contributed by atoms with Crippen LogP contribution in [0.1, 0.15) is 41.5 Å². The lowest BCUT2D eigenvalue weighted by Crippen LogP contribution is -2.01. The quantitative estimate of drug-likeness (QED) is 0.778. The first-order valence-corrected chi connectivity index (χ1v) is 6.09. The third-order valence-electron chi connectivity index (χ3n) is 2.83. The molecule has 0 saturated carbocycles. The average Bonchev–Trinajstić information content (AvgIpc) is 2.85. The molecule has 2 heteroatoms. The Kier molecular flexibility index (Phi) is 3.76. The van der Waals surface area contributed by atoms with Gasteiger partial charge in [0.25, 0.3) is 0 Å². The highest BCUT2D eigenvalue weighted by atomic mass is 16.1. The fourth-order valence-corrected chi connectivity index (χ4v) is 1.83. The van der Waals surface area contributed by atoms with Crippen LogP contribution in [0.4, 0.5) is 0 Å². The predicted molar refractivity (Wildman–Crippen MR) is 69.3 cm³/mol. The Hall–Kier alpha value is -1.83. The summed E-state index contributed by atoms with van der Waals surface area (Å²) in [5.74, 6) is 0.0633. The zero-order valence-corrected chi connectivity index (χ0v) is 10.1. The van der Waals surface area contributed by atoms with E-state index in [-0.39, 0.29) is 5.78 Å². The number of aryl methyl sites for hydroxylation is 1. The Labute approximate surface area is 102 Å². The number of H-pyrrole nitrogens is 1. The Morgan fingerprint density at radius 2 is 1.88 bits per heavy atom. The maximum atomic E-state index is 12.1. The molecule has 0 saturated heterocycles. The summed E-state index contributed by atoms with van der Waals surface area (Å²) in [6.45, 7) is 2.17. The molecular formula is C15H17NO. The molecule has 2 aromatic rings. The summed E-state index contributed by atoms with van der Waals surface area (Å²) in [4.78, 5) is 15.3. The molecule has 2 rings (SSSR count). The SMILES string of the molecule is CCCCc1ccc(C(=O)c2ccccc2)[nH]1. The number of carbonyl (C=O) groups is 1. The van der Waals surface area contributed by atoms with Gasteiger partial charge in [0.15, 0.2) is 0 Å². The first-order chi connectivity index (χ1) is 8.31. The summed E-state index contributed by atoms with van der Waals surface area (Å²) < 4.78 is 0. The van der Waals surface area contributed by atoms with E-state index in [0.29, 0.717) is 5.69 Å². The molecule has 0 bridgehead atoms. The molecule has 17 heavy (non-hydrogen) atoms. The first-order valence-electron chi connectivity index (χ1n) is 6.09. The lowest BCUT2D eigenvalue weighted by atomic mass is 10.1. The van der Waals surface area contributed by atoms with Gasteiger partial charge in [0, 0.05) is 11.3 Å². The van der Waals surface area contributed by atoms with Crippen molar-refractivity contribution >= 4 is 5.78 Å². The van der Waals surface area contributed by atoms with Gasteiger partial charge in [-0.25, -0.2) is 0 Å². The molecule has 0 unspecified atom stereocenters. The Morgan fingerprint density at radius 1 is 1.12 bits per heavy atom. The number of carbonyl (C=O) groups excluding carboxylic acids is 1. The number of hydrogen-bond acceptors (Lipinski definition) is 1. The molecular weight excluding hydrogens is 210 g/mol. The summed E-state index contributed by atoms with van der Waals surface area (Å²) in [6, 6.07) is 13.2. The highest BCUT2D eigenvalue weighted by Gasteiger charge is 2.10. The van der Waals surface area contributed by atoms with Crippen LogP contribution in [-0.4, -0.2) is 10.8 Å². The zero-order valence-electron chi connectivity index (χ0n) is 10.1. The van der Waals surface area contributed by atoms with Crippen molar-refractivity contribution in [2.45, 2.75) is 26.2 Å². The van der Waals surface area contributed by atoms with Gasteiger partial charge in [-0.1, -0.05) is 43.7 Å². The van der Waals surface area contributed by atoms with E-state index in [9.17, 15) is 4.79 Å². The fourth-order valence-electron chi connectivity index (χ4n) is 1.83. The minimum atomic E-state index is 0.0633. The summed E-state index contributed by atoms with van der Waals surface area (Å²) in [6.07, 6.45) is 3.33. The summed E-state index contributed by atoms with van der Waals surface area (Å²) in [5, 5.41) is 0. The van der Waals surface area contributed by atoms with Crippen LogP contribution in [0.25, 0.3) is 0 Å². The molecule has 1 aromatic carbocycles. The molecule has 0 amide bonds. The van der Waals surface area contributed by atoms with Crippen LogP contribution in [0.2, 0.25) is 0 Å². The van der Waals surface area contributed by atoms with Crippen molar-refractivity contribution in [3.05, 3.63) is 59.4 Å². The lowest BCUT2D eigenvalue weighted by molar-refractivity contribution is 0.103. The van der Waals surface area contributed by atoms with Gasteiger partial charge < -0.3 is 4.98 Å². The Morgan fingerprint density at radius 3 is 2.59 bits per heavy atom. The van der Waals surface area contributed by atoms with Crippen LogP contribution in [0.15, 0.2) is 42.5 Å². The minimum absolute atomic E-state index is 0.0633. The molecule has 1 N–H and O–H groups in total. The van der Waals surface area contributed by atoms with Gasteiger partial charge in [0.05, 0.1) is 5.69 Å². The highest BCUT2D eigenvalue weighted by Crippen LogP contribution is 2.11. The Balaban J connectivity index is 2.12. The number of aromatic nitrogens is 1. The number of rotatable bonds is 5. The molecule has 0 atom stereocenters. The van der Waals surface area contributed by atoms with Crippen molar-refractivity contribution in [2.24, 2.45) is 0 Å². The van der Waals surface area contributed by atoms with E-state index in [1.165, 1.54) is 6.42 Å². The van der Waals surface area contributed by atoms with Gasteiger partial charge in [-0.3, -0.25) is 4.79 Å². The number of nitrogens with one attached hydrogen (secondary N) is 1. The second kappa shape index (κ2) is 5.48. The first kappa shape index (κ1) is 11.6. The van der Waals surface area contributed by atoms with E-state index >= 15 is 0 Å². The van der Waals surface area contributed by atoms with E-state index < -0.39 is 0 Å². The number of unbranched alkanes of at least 4 members (excludes halogenated alkanes) is 1. The van der Waals surface area contributed by atoms with Gasteiger partial charge >= 0.3 is 0 Å². The summed E-state index contributed by atoms with van der Waals surface area (Å²) >= 11 is 0. The smallest absolute Gasteiger partial charge is 0.209 e. The largest absolute Gasteiger partial charge is 0.356 e. The van der Waals surface area contributed by atoms with E-state index in [0.717, 1.165) is 24.1 Å². The number of ketones is 1. The van der Waals surface area contributed by atoms with E-state index in [1.54, 1.807) is 0 Å². The number of benzene rings is 1. The van der Waals surface area contributed by atoms with Crippen molar-refractivity contribution < 1.29 is 4.79 Å².